The molecule has 3 N–H and O–H groups in total. The van der Waals surface area contributed by atoms with Crippen molar-refractivity contribution in [2.45, 2.75) is 63.8 Å². The van der Waals surface area contributed by atoms with E-state index in [0.717, 1.165) is 28.2 Å². The first-order valence-corrected chi connectivity index (χ1v) is 13.7. The maximum atomic E-state index is 10.6. The maximum Gasteiger partial charge on any atom is 0.0895 e. The molecule has 0 aliphatic heterocycles. The van der Waals surface area contributed by atoms with Crippen LogP contribution in [0.5, 0.6) is 0 Å². The van der Waals surface area contributed by atoms with E-state index in [9.17, 15) is 5.11 Å². The van der Waals surface area contributed by atoms with Crippen molar-refractivity contribution in [3.05, 3.63) is 97.4 Å². The molecule has 4 heteroatoms. The van der Waals surface area contributed by atoms with E-state index in [1.165, 1.54) is 9.79 Å². The molecule has 2 aromatic carbocycles. The van der Waals surface area contributed by atoms with Crippen LogP contribution in [0.25, 0.3) is 0 Å². The molecule has 2 aromatic rings. The predicted molar refractivity (Wildman–Crippen MR) is 162 cm³/mol. The number of allylic oxidation sites excluding steroid dienone is 4. The predicted octanol–water partition coefficient (Wildman–Crippen LogP) is 9.70. The highest BCUT2D eigenvalue weighted by Crippen LogP contribution is 2.59. The van der Waals surface area contributed by atoms with Gasteiger partial charge >= 0.3 is 0 Å². The Morgan fingerprint density at radius 1 is 0.730 bits per heavy atom. The molecular weight excluding hydrogens is 472 g/mol. The largest absolute Gasteiger partial charge is 0.513 e. The van der Waals surface area contributed by atoms with Crippen molar-refractivity contribution in [3.8, 4) is 0 Å². The molecule has 4 atom stereocenters. The summed E-state index contributed by atoms with van der Waals surface area (Å²) in [6, 6.07) is 16.9. The van der Waals surface area contributed by atoms with Crippen LogP contribution in [0.4, 0.5) is 11.4 Å². The Hall–Kier alpha value is -2.85. The Morgan fingerprint density at radius 2 is 1.22 bits per heavy atom. The summed E-state index contributed by atoms with van der Waals surface area (Å²) in [7, 11) is 0. The first-order chi connectivity index (χ1) is 17.1. The quantitative estimate of drug-likeness (QED) is 0.229. The summed E-state index contributed by atoms with van der Waals surface area (Å²) in [5, 5.41) is 17.5. The second-order valence-corrected chi connectivity index (χ2v) is 13.5. The summed E-state index contributed by atoms with van der Waals surface area (Å²) in [5.74, 6) is 0.331. The molecule has 37 heavy (non-hydrogen) atoms. The number of nitrogens with one attached hydrogen (secondary N) is 2. The van der Waals surface area contributed by atoms with Gasteiger partial charge in [-0.05, 0) is 93.5 Å². The topological polar surface area (TPSA) is 44.3 Å². The molecule has 4 unspecified atom stereocenters. The Bertz CT molecular complexity index is 1140. The lowest BCUT2D eigenvalue weighted by Crippen LogP contribution is -2.52. The molecule has 0 saturated heterocycles. The molecule has 1 fully saturated rings. The number of aliphatic hydroxyl groups is 1. The zero-order chi connectivity index (χ0) is 27.7. The molecular formula is C33H44N2OS. The third-order valence-corrected chi connectivity index (χ3v) is 8.05. The van der Waals surface area contributed by atoms with E-state index < -0.39 is 0 Å². The fourth-order valence-electron chi connectivity index (χ4n) is 5.19. The molecule has 198 valence electrons. The molecule has 0 amide bonds. The van der Waals surface area contributed by atoms with E-state index >= 15 is 0 Å². The fraction of sp³-hybridized carbons (Fsp3) is 0.394. The van der Waals surface area contributed by atoms with Crippen molar-refractivity contribution >= 4 is 23.1 Å². The molecule has 3 rings (SSSR count). The Labute approximate surface area is 228 Å². The minimum atomic E-state index is -0.126. The zero-order valence-corrected chi connectivity index (χ0v) is 24.4. The van der Waals surface area contributed by atoms with Crippen LogP contribution in [0, 0.1) is 29.1 Å². The maximum absolute atomic E-state index is 10.6. The molecule has 1 saturated carbocycles. The van der Waals surface area contributed by atoms with Gasteiger partial charge in [0.05, 0.1) is 5.76 Å². The van der Waals surface area contributed by atoms with E-state index in [1.54, 1.807) is 11.8 Å². The van der Waals surface area contributed by atoms with Crippen LogP contribution < -0.4 is 10.6 Å². The van der Waals surface area contributed by atoms with E-state index in [4.69, 9.17) is 0 Å². The van der Waals surface area contributed by atoms with Crippen LogP contribution in [0.3, 0.4) is 0 Å². The van der Waals surface area contributed by atoms with E-state index in [2.05, 4.69) is 134 Å². The number of aliphatic hydroxyl groups excluding tert-OH is 1. The highest BCUT2D eigenvalue weighted by molar-refractivity contribution is 7.99. The summed E-state index contributed by atoms with van der Waals surface area (Å²) in [5.41, 5.74) is 5.13. The van der Waals surface area contributed by atoms with Crippen molar-refractivity contribution in [3.63, 3.8) is 0 Å². The fourth-order valence-corrected chi connectivity index (χ4v) is 6.01. The average Bonchev–Trinajstić information content (AvgIpc) is 2.73. The lowest BCUT2D eigenvalue weighted by Gasteiger charge is -2.55. The molecule has 1 aliphatic rings. The summed E-state index contributed by atoms with van der Waals surface area (Å²) in [4.78, 5) is 2.36. The van der Waals surface area contributed by atoms with Gasteiger partial charge < -0.3 is 15.7 Å². The number of benzene rings is 2. The van der Waals surface area contributed by atoms with Gasteiger partial charge in [-0.25, -0.2) is 0 Å². The molecule has 0 spiro atoms. The van der Waals surface area contributed by atoms with Crippen molar-refractivity contribution in [2.75, 3.05) is 10.6 Å². The molecule has 0 heterocycles. The van der Waals surface area contributed by atoms with E-state index in [0.29, 0.717) is 0 Å². The van der Waals surface area contributed by atoms with Crippen molar-refractivity contribution in [2.24, 2.45) is 29.1 Å². The van der Waals surface area contributed by atoms with Crippen LogP contribution in [0.1, 0.15) is 48.5 Å². The van der Waals surface area contributed by atoms with E-state index in [1.807, 2.05) is 0 Å². The smallest absolute Gasteiger partial charge is 0.0895 e. The molecule has 0 bridgehead atoms. The van der Waals surface area contributed by atoms with Gasteiger partial charge in [0.15, 0.2) is 0 Å². The number of rotatable bonds is 9. The highest BCUT2D eigenvalue weighted by Gasteiger charge is 2.55. The van der Waals surface area contributed by atoms with Crippen molar-refractivity contribution in [1.82, 2.24) is 0 Å². The normalized spacial score (nSPS) is 21.5. The number of anilines is 2. The second-order valence-electron chi connectivity index (χ2n) is 12.4. The standard InChI is InChI=1S/C33H44N2OS/c1-20(2)28-29(21(3)32(6,7)8)31(23(5)36)30(28)22(4)34-24-12-16-26(17-13-24)37-27-18-14-25(15-19-27)35-33(9,10)11/h12-19,28-31,34-36H,1,3-5H2,2,6-11H3. The van der Waals surface area contributed by atoms with E-state index in [-0.39, 0.29) is 40.4 Å². The van der Waals surface area contributed by atoms with Crippen LogP contribution in [-0.4, -0.2) is 10.6 Å². The minimum Gasteiger partial charge on any atom is -0.513 e. The molecule has 0 radical (unpaired) electrons. The zero-order valence-electron chi connectivity index (χ0n) is 23.6. The highest BCUT2D eigenvalue weighted by atomic mass is 32.2. The third-order valence-electron chi connectivity index (χ3n) is 7.04. The van der Waals surface area contributed by atoms with Gasteiger partial charge in [0.1, 0.15) is 0 Å². The molecule has 1 aliphatic carbocycles. The Balaban J connectivity index is 1.69. The molecule has 0 aromatic heterocycles. The monoisotopic (exact) mass is 516 g/mol. The van der Waals surface area contributed by atoms with Crippen LogP contribution >= 0.6 is 11.8 Å². The van der Waals surface area contributed by atoms with Gasteiger partial charge in [-0.3, -0.25) is 0 Å². The first kappa shape index (κ1) is 28.7. The van der Waals surface area contributed by atoms with Gasteiger partial charge in [0, 0.05) is 44.2 Å². The average molecular weight is 517 g/mol. The van der Waals surface area contributed by atoms with Gasteiger partial charge in [0.25, 0.3) is 0 Å². The lowest BCUT2D eigenvalue weighted by atomic mass is 9.49. The van der Waals surface area contributed by atoms with Crippen molar-refractivity contribution in [1.29, 1.82) is 0 Å². The van der Waals surface area contributed by atoms with Crippen LogP contribution in [0.2, 0.25) is 0 Å². The summed E-state index contributed by atoms with van der Waals surface area (Å²) >= 11 is 1.73. The van der Waals surface area contributed by atoms with Crippen LogP contribution in [0.15, 0.2) is 107 Å². The Kier molecular flexibility index (Phi) is 8.44. The number of hydrogen-bond acceptors (Lipinski definition) is 4. The summed E-state index contributed by atoms with van der Waals surface area (Å²) < 4.78 is 0. The van der Waals surface area contributed by atoms with Gasteiger partial charge in [0.2, 0.25) is 0 Å². The minimum absolute atomic E-state index is 0.00775. The SMILES string of the molecule is C=C(C)C1C(C(=C)Nc2ccc(Sc3ccc(NC(C)(C)C)cc3)cc2)C(C(=C)O)C1C(=C)C(C)(C)C. The first-order valence-electron chi connectivity index (χ1n) is 12.9. The van der Waals surface area contributed by atoms with Gasteiger partial charge in [-0.1, -0.05) is 70.0 Å². The van der Waals surface area contributed by atoms with Gasteiger partial charge in [-0.2, -0.15) is 0 Å². The summed E-state index contributed by atoms with van der Waals surface area (Å²) in [6.07, 6.45) is 0. The molecule has 3 nitrogen and oxygen atoms in total. The van der Waals surface area contributed by atoms with Gasteiger partial charge in [-0.15, -0.1) is 0 Å². The van der Waals surface area contributed by atoms with Crippen LogP contribution in [-0.2, 0) is 0 Å². The lowest BCUT2D eigenvalue weighted by molar-refractivity contribution is 0.0404. The number of hydrogen-bond donors (Lipinski definition) is 3. The third kappa shape index (κ3) is 6.93. The Morgan fingerprint density at radius 3 is 1.62 bits per heavy atom. The van der Waals surface area contributed by atoms with Crippen molar-refractivity contribution < 1.29 is 5.11 Å². The second kappa shape index (κ2) is 10.9. The summed E-state index contributed by atoms with van der Waals surface area (Å²) in [6.45, 7) is 32.0.